The Bertz CT molecular complexity index is 336. The molecule has 1 amide bonds. The van der Waals surface area contributed by atoms with Gasteiger partial charge in [-0.05, 0) is 19.4 Å². The summed E-state index contributed by atoms with van der Waals surface area (Å²) in [5, 5.41) is 0. The Kier molecular flexibility index (Phi) is 5.39. The molecule has 0 N–H and O–H groups in total. The van der Waals surface area contributed by atoms with Crippen LogP contribution >= 0.6 is 11.6 Å². The molecule has 0 saturated heterocycles. The number of halogens is 1. The van der Waals surface area contributed by atoms with Gasteiger partial charge in [0.05, 0.1) is 5.56 Å². The molecule has 0 aromatic carbocycles. The van der Waals surface area contributed by atoms with Gasteiger partial charge in [0.25, 0.3) is 5.91 Å². The van der Waals surface area contributed by atoms with E-state index in [2.05, 4.69) is 6.92 Å². The Labute approximate surface area is 101 Å². The maximum atomic E-state index is 12.1. The second kappa shape index (κ2) is 6.59. The number of hydrogen-bond acceptors (Lipinski definition) is 2. The average molecular weight is 244 g/mol. The third-order valence-electron chi connectivity index (χ3n) is 2.40. The summed E-state index contributed by atoms with van der Waals surface area (Å²) in [7, 11) is 0. The van der Waals surface area contributed by atoms with E-state index < -0.39 is 0 Å². The lowest BCUT2D eigenvalue weighted by Gasteiger charge is -2.20. The fourth-order valence-electron chi connectivity index (χ4n) is 1.50. The highest BCUT2D eigenvalue weighted by Gasteiger charge is 2.16. The lowest BCUT2D eigenvalue weighted by atomic mass is 10.2. The second-order valence-electron chi connectivity index (χ2n) is 3.78. The number of aryl methyl sites for hydroxylation is 1. The lowest BCUT2D eigenvalue weighted by molar-refractivity contribution is 0.0762. The van der Waals surface area contributed by atoms with Gasteiger partial charge in [-0.1, -0.05) is 13.3 Å². The molecule has 0 fully saturated rings. The van der Waals surface area contributed by atoms with Gasteiger partial charge in [-0.15, -0.1) is 11.6 Å². The first-order valence-electron chi connectivity index (χ1n) is 5.59. The van der Waals surface area contributed by atoms with Gasteiger partial charge >= 0.3 is 0 Å². The van der Waals surface area contributed by atoms with Gasteiger partial charge in [-0.2, -0.15) is 0 Å². The summed E-state index contributed by atoms with van der Waals surface area (Å²) in [6.45, 7) is 5.27. The van der Waals surface area contributed by atoms with Crippen LogP contribution in [0.2, 0.25) is 0 Å². The van der Waals surface area contributed by atoms with Crippen LogP contribution in [0.15, 0.2) is 16.7 Å². The first kappa shape index (κ1) is 13.1. The minimum atomic E-state index is 0.00551. The Morgan fingerprint density at radius 3 is 2.75 bits per heavy atom. The number of amides is 1. The number of carbonyl (C=O) groups excluding carboxylic acids is 1. The maximum Gasteiger partial charge on any atom is 0.257 e. The van der Waals surface area contributed by atoms with Crippen LogP contribution in [0.1, 0.15) is 35.9 Å². The molecule has 0 aliphatic carbocycles. The average Bonchev–Trinajstić information content (AvgIpc) is 2.70. The van der Waals surface area contributed by atoms with E-state index >= 15 is 0 Å². The fourth-order valence-corrected chi connectivity index (χ4v) is 1.71. The van der Waals surface area contributed by atoms with Gasteiger partial charge in [-0.25, -0.2) is 0 Å². The van der Waals surface area contributed by atoms with Crippen molar-refractivity contribution in [3.8, 4) is 0 Å². The van der Waals surface area contributed by atoms with E-state index in [4.69, 9.17) is 16.0 Å². The van der Waals surface area contributed by atoms with E-state index in [9.17, 15) is 4.79 Å². The van der Waals surface area contributed by atoms with E-state index in [1.54, 1.807) is 11.0 Å². The molecule has 1 heterocycles. The van der Waals surface area contributed by atoms with Crippen LogP contribution in [0, 0.1) is 6.92 Å². The number of unbranched alkanes of at least 4 members (excludes halogenated alkanes) is 1. The van der Waals surface area contributed by atoms with Crippen molar-refractivity contribution in [3.05, 3.63) is 23.7 Å². The number of alkyl halides is 1. The highest BCUT2D eigenvalue weighted by atomic mass is 35.5. The SMILES string of the molecule is CCCCN(CCCl)C(=O)c1coc(C)c1. The Balaban J connectivity index is 2.66. The first-order chi connectivity index (χ1) is 7.69. The minimum absolute atomic E-state index is 0.00551. The quantitative estimate of drug-likeness (QED) is 0.720. The second-order valence-corrected chi connectivity index (χ2v) is 4.16. The highest BCUT2D eigenvalue weighted by molar-refractivity contribution is 6.18. The Morgan fingerprint density at radius 2 is 2.25 bits per heavy atom. The molecule has 16 heavy (non-hydrogen) atoms. The molecule has 1 aromatic heterocycles. The number of nitrogens with zero attached hydrogens (tertiary/aromatic N) is 1. The van der Waals surface area contributed by atoms with E-state index in [0.29, 0.717) is 18.0 Å². The monoisotopic (exact) mass is 243 g/mol. The van der Waals surface area contributed by atoms with E-state index in [-0.39, 0.29) is 5.91 Å². The smallest absolute Gasteiger partial charge is 0.257 e. The van der Waals surface area contributed by atoms with Crippen molar-refractivity contribution in [2.75, 3.05) is 19.0 Å². The molecular formula is C12H18ClNO2. The van der Waals surface area contributed by atoms with Crippen molar-refractivity contribution >= 4 is 17.5 Å². The van der Waals surface area contributed by atoms with Gasteiger partial charge in [0.1, 0.15) is 12.0 Å². The molecule has 4 heteroatoms. The van der Waals surface area contributed by atoms with Gasteiger partial charge in [0, 0.05) is 19.0 Å². The minimum Gasteiger partial charge on any atom is -0.469 e. The van der Waals surface area contributed by atoms with Crippen molar-refractivity contribution in [1.82, 2.24) is 4.90 Å². The summed E-state index contributed by atoms with van der Waals surface area (Å²) < 4.78 is 5.14. The van der Waals surface area contributed by atoms with E-state index in [0.717, 1.165) is 25.1 Å². The van der Waals surface area contributed by atoms with Crippen molar-refractivity contribution < 1.29 is 9.21 Å². The first-order valence-corrected chi connectivity index (χ1v) is 6.12. The number of hydrogen-bond donors (Lipinski definition) is 0. The third-order valence-corrected chi connectivity index (χ3v) is 2.57. The van der Waals surface area contributed by atoms with E-state index in [1.165, 1.54) is 6.26 Å². The molecule has 0 spiro atoms. The molecule has 0 unspecified atom stereocenters. The van der Waals surface area contributed by atoms with Crippen LogP contribution in [0.5, 0.6) is 0 Å². The third kappa shape index (κ3) is 3.56. The largest absolute Gasteiger partial charge is 0.469 e. The number of carbonyl (C=O) groups is 1. The zero-order valence-electron chi connectivity index (χ0n) is 9.83. The summed E-state index contributed by atoms with van der Waals surface area (Å²) in [5.74, 6) is 1.22. The van der Waals surface area contributed by atoms with Gasteiger partial charge < -0.3 is 9.32 Å². The molecule has 1 rings (SSSR count). The van der Waals surface area contributed by atoms with Gasteiger partial charge in [0.15, 0.2) is 0 Å². The molecule has 1 aromatic rings. The van der Waals surface area contributed by atoms with E-state index in [1.807, 2.05) is 6.92 Å². The van der Waals surface area contributed by atoms with Crippen molar-refractivity contribution in [2.24, 2.45) is 0 Å². The van der Waals surface area contributed by atoms with Crippen molar-refractivity contribution in [2.45, 2.75) is 26.7 Å². The van der Waals surface area contributed by atoms with Crippen LogP contribution in [0.25, 0.3) is 0 Å². The summed E-state index contributed by atoms with van der Waals surface area (Å²) in [6.07, 6.45) is 3.57. The molecule has 0 atom stereocenters. The molecular weight excluding hydrogens is 226 g/mol. The maximum absolute atomic E-state index is 12.1. The van der Waals surface area contributed by atoms with Gasteiger partial charge in [0.2, 0.25) is 0 Å². The van der Waals surface area contributed by atoms with Crippen molar-refractivity contribution in [1.29, 1.82) is 0 Å². The normalized spacial score (nSPS) is 10.4. The number of furan rings is 1. The molecule has 0 aliphatic rings. The van der Waals surface area contributed by atoms with Crippen molar-refractivity contribution in [3.63, 3.8) is 0 Å². The number of rotatable bonds is 6. The van der Waals surface area contributed by atoms with Crippen LogP contribution in [0.3, 0.4) is 0 Å². The highest BCUT2D eigenvalue weighted by Crippen LogP contribution is 2.10. The predicted molar refractivity (Wildman–Crippen MR) is 65.0 cm³/mol. The topological polar surface area (TPSA) is 33.5 Å². The Morgan fingerprint density at radius 1 is 1.50 bits per heavy atom. The van der Waals surface area contributed by atoms with Crippen LogP contribution in [-0.4, -0.2) is 29.8 Å². The van der Waals surface area contributed by atoms with Crippen LogP contribution in [0.4, 0.5) is 0 Å². The lowest BCUT2D eigenvalue weighted by Crippen LogP contribution is -2.33. The zero-order chi connectivity index (χ0) is 12.0. The summed E-state index contributed by atoms with van der Waals surface area (Å²) >= 11 is 5.69. The molecule has 0 aliphatic heterocycles. The van der Waals surface area contributed by atoms with Crippen LogP contribution < -0.4 is 0 Å². The van der Waals surface area contributed by atoms with Gasteiger partial charge in [-0.3, -0.25) is 4.79 Å². The fraction of sp³-hybridized carbons (Fsp3) is 0.583. The molecule has 0 saturated carbocycles. The summed E-state index contributed by atoms with van der Waals surface area (Å²) in [4.78, 5) is 13.8. The Hall–Kier alpha value is -0.960. The summed E-state index contributed by atoms with van der Waals surface area (Å²) in [5.41, 5.74) is 0.610. The molecule has 3 nitrogen and oxygen atoms in total. The predicted octanol–water partition coefficient (Wildman–Crippen LogP) is 3.07. The molecule has 0 bridgehead atoms. The standard InChI is InChI=1S/C12H18ClNO2/c1-3-4-6-14(7-5-13)12(15)11-8-10(2)16-9-11/h8-9H,3-7H2,1-2H3. The van der Waals surface area contributed by atoms with Crippen LogP contribution in [-0.2, 0) is 0 Å². The molecule has 0 radical (unpaired) electrons. The summed E-state index contributed by atoms with van der Waals surface area (Å²) in [6, 6.07) is 1.76. The molecule has 90 valence electrons. The zero-order valence-corrected chi connectivity index (χ0v) is 10.6.